The van der Waals surface area contributed by atoms with E-state index in [2.05, 4.69) is 26.0 Å². The Morgan fingerprint density at radius 1 is 0.474 bits per heavy atom. The predicted molar refractivity (Wildman–Crippen MR) is 287 cm³/mol. The fourth-order valence-corrected chi connectivity index (χ4v) is 10.6. The lowest BCUT2D eigenvalue weighted by Gasteiger charge is -2.46. The van der Waals surface area contributed by atoms with E-state index in [4.69, 9.17) is 37.9 Å². The van der Waals surface area contributed by atoms with Gasteiger partial charge in [0.25, 0.3) is 0 Å². The highest BCUT2D eigenvalue weighted by molar-refractivity contribution is 5.70. The molecule has 3 saturated heterocycles. The van der Waals surface area contributed by atoms with Gasteiger partial charge in [0.2, 0.25) is 0 Å². The van der Waals surface area contributed by atoms with Gasteiger partial charge in [-0.25, -0.2) is 0 Å². The van der Waals surface area contributed by atoms with Gasteiger partial charge in [-0.15, -0.1) is 0 Å². The molecule has 4 rings (SSSR count). The summed E-state index contributed by atoms with van der Waals surface area (Å²) in [6.45, 7) is 1.42. The number of carbonyl (C=O) groups excluding carboxylic acids is 2. The van der Waals surface area contributed by atoms with Gasteiger partial charge in [0.1, 0.15) is 79.9 Å². The number of ether oxygens (including phenoxy) is 8. The minimum atomic E-state index is -1.98. The summed E-state index contributed by atoms with van der Waals surface area (Å²) in [5.74, 6) is 0.746. The van der Waals surface area contributed by atoms with Crippen molar-refractivity contribution < 1.29 is 98.5 Å². The molecule has 20 nitrogen and oxygen atoms in total. The molecule has 4 fully saturated rings. The van der Waals surface area contributed by atoms with E-state index in [0.29, 0.717) is 12.8 Å². The topological polar surface area (TPSA) is 310 Å². The summed E-state index contributed by atoms with van der Waals surface area (Å²) in [5, 5.41) is 105. The van der Waals surface area contributed by atoms with Crippen LogP contribution in [-0.2, 0) is 47.5 Å². The molecule has 0 amide bonds. The van der Waals surface area contributed by atoms with Gasteiger partial charge in [-0.3, -0.25) is 9.59 Å². The Hall–Kier alpha value is -1.96. The molecule has 0 aromatic carbocycles. The highest BCUT2D eigenvalue weighted by Crippen LogP contribution is 2.46. The maximum atomic E-state index is 13.3. The van der Waals surface area contributed by atoms with Crippen molar-refractivity contribution in [1.82, 2.24) is 0 Å². The third-order valence-corrected chi connectivity index (χ3v) is 15.8. The van der Waals surface area contributed by atoms with Crippen LogP contribution < -0.4 is 0 Å². The normalized spacial score (nSPS) is 32.6. The fraction of sp³-hybridized carbons (Fsp3) is 0.931. The third-order valence-electron chi connectivity index (χ3n) is 15.8. The molecule has 1 aliphatic carbocycles. The van der Waals surface area contributed by atoms with E-state index < -0.39 is 137 Å². The molecule has 0 aromatic heterocycles. The number of esters is 2. The second kappa shape index (κ2) is 39.5. The number of aliphatic hydroxyl groups is 10. The van der Waals surface area contributed by atoms with Gasteiger partial charge in [-0.05, 0) is 56.8 Å². The first kappa shape index (κ1) is 68.5. The quantitative estimate of drug-likeness (QED) is 0.0217. The molecule has 4 aliphatic rings. The molecule has 0 aromatic rings. The Bertz CT molecular complexity index is 1590. The van der Waals surface area contributed by atoms with Gasteiger partial charge >= 0.3 is 11.9 Å². The van der Waals surface area contributed by atoms with Crippen LogP contribution in [0.3, 0.4) is 0 Å². The molecule has 18 atom stereocenters. The highest BCUT2D eigenvalue weighted by Gasteiger charge is 2.52. The first-order chi connectivity index (χ1) is 37.7. The van der Waals surface area contributed by atoms with Gasteiger partial charge in [0, 0.05) is 12.8 Å². The summed E-state index contributed by atoms with van der Waals surface area (Å²) >= 11 is 0. The Morgan fingerprint density at radius 3 is 1.47 bits per heavy atom. The van der Waals surface area contributed by atoms with Crippen molar-refractivity contribution in [1.29, 1.82) is 0 Å². The number of rotatable bonds is 43. The zero-order valence-corrected chi connectivity index (χ0v) is 47.1. The summed E-state index contributed by atoms with van der Waals surface area (Å²) in [5.41, 5.74) is 0. The number of hydrogen-bond acceptors (Lipinski definition) is 20. The number of aliphatic hydroxyl groups excluding tert-OH is 10. The van der Waals surface area contributed by atoms with Crippen LogP contribution in [-0.4, -0.2) is 194 Å². The monoisotopic (exact) mass is 1120 g/mol. The van der Waals surface area contributed by atoms with Crippen molar-refractivity contribution in [3.05, 3.63) is 12.2 Å². The third kappa shape index (κ3) is 24.9. The maximum Gasteiger partial charge on any atom is 0.306 e. The molecular formula is C58H104O20. The van der Waals surface area contributed by atoms with Gasteiger partial charge in [0.15, 0.2) is 25.0 Å². The van der Waals surface area contributed by atoms with Crippen LogP contribution in [0.25, 0.3) is 0 Å². The first-order valence-electron chi connectivity index (χ1n) is 30.3. The summed E-state index contributed by atoms with van der Waals surface area (Å²) in [4.78, 5) is 26.3. The minimum absolute atomic E-state index is 0.0959. The van der Waals surface area contributed by atoms with Crippen LogP contribution in [0.5, 0.6) is 0 Å². The van der Waals surface area contributed by atoms with Crippen LogP contribution >= 0.6 is 0 Å². The highest BCUT2D eigenvalue weighted by atomic mass is 16.8. The van der Waals surface area contributed by atoms with E-state index in [-0.39, 0.29) is 19.4 Å². The largest absolute Gasteiger partial charge is 0.462 e. The predicted octanol–water partition coefficient (Wildman–Crippen LogP) is 5.06. The zero-order chi connectivity index (χ0) is 56.7. The molecular weight excluding hydrogens is 1020 g/mol. The van der Waals surface area contributed by atoms with Gasteiger partial charge in [-0.1, -0.05) is 154 Å². The second-order valence-electron chi connectivity index (χ2n) is 22.4. The van der Waals surface area contributed by atoms with E-state index in [1.807, 2.05) is 0 Å². The maximum absolute atomic E-state index is 13.3. The van der Waals surface area contributed by atoms with Gasteiger partial charge in [0.05, 0.1) is 26.4 Å². The Labute approximate surface area is 464 Å². The van der Waals surface area contributed by atoms with Crippen LogP contribution in [0.4, 0.5) is 0 Å². The van der Waals surface area contributed by atoms with Crippen LogP contribution in [0.2, 0.25) is 0 Å². The van der Waals surface area contributed by atoms with E-state index >= 15 is 0 Å². The van der Waals surface area contributed by atoms with Crippen molar-refractivity contribution in [3.63, 3.8) is 0 Å². The number of carbonyl (C=O) groups is 2. The SMILES string of the molecule is CCCCCCCCC=CCCCCCCCC(=O)O[C@H](COC(=O)CCCCCCC[C@H]1C[C@@H]1CCCCCCCC)CO[C@H]1O[C@H](CO)[C@@H](O)[C@H](O)[C@H]1O[C@H]1O[C@H](CO[C@H]2O[C@@H](CO)[C@H](O)[C@@H](O)[C@@H]2O)[C@H](O)[C@H](O)[C@H]1O. The minimum Gasteiger partial charge on any atom is -0.462 e. The summed E-state index contributed by atoms with van der Waals surface area (Å²) in [7, 11) is 0. The lowest BCUT2D eigenvalue weighted by atomic mass is 9.97. The molecule has 1 saturated carbocycles. The Balaban J connectivity index is 1.29. The van der Waals surface area contributed by atoms with E-state index in [9.17, 15) is 60.7 Å². The molecule has 10 N–H and O–H groups in total. The van der Waals surface area contributed by atoms with Crippen molar-refractivity contribution in [3.8, 4) is 0 Å². The summed E-state index contributed by atoms with van der Waals surface area (Å²) in [6.07, 6.45) is 8.90. The summed E-state index contributed by atoms with van der Waals surface area (Å²) < 4.78 is 45.7. The molecule has 456 valence electrons. The van der Waals surface area contributed by atoms with Gasteiger partial charge in [-0.2, -0.15) is 0 Å². The lowest BCUT2D eigenvalue weighted by Crippen LogP contribution is -2.65. The van der Waals surface area contributed by atoms with Crippen LogP contribution in [0.15, 0.2) is 12.2 Å². The van der Waals surface area contributed by atoms with E-state index in [0.717, 1.165) is 69.6 Å². The average Bonchev–Trinajstić information content (AvgIpc) is 4.22. The molecule has 0 bridgehead atoms. The standard InChI is InChI=1S/C58H104O20/c1-3-5-7-9-11-12-13-14-15-16-17-18-19-23-28-32-46(62)74-41(36-71-45(61)31-27-24-20-22-26-30-40-33-39(40)29-25-21-10-8-6-4-2)37-72-58-55(52(68)48(64)43(35-60)76-58)78-57-54(70)51(67)49(65)44(77-57)38-73-56-53(69)50(66)47(63)42(34-59)75-56/h14-15,39-44,47-60,63-70H,3-13,16-38H2,1-2H3/t39-,40-,41+,42-,43+,44+,47-,48+,49-,50+,51-,52-,53-,54+,55+,56-,57+,58-/m0/s1. The Morgan fingerprint density at radius 2 is 0.923 bits per heavy atom. The molecule has 0 spiro atoms. The smallest absolute Gasteiger partial charge is 0.306 e. The van der Waals surface area contributed by atoms with Crippen molar-refractivity contribution in [2.45, 2.75) is 298 Å². The van der Waals surface area contributed by atoms with Crippen molar-refractivity contribution in [2.75, 3.05) is 33.0 Å². The number of unbranched alkanes of at least 4 members (excludes halogenated alkanes) is 20. The van der Waals surface area contributed by atoms with Crippen molar-refractivity contribution >= 4 is 11.9 Å². The molecule has 0 unspecified atom stereocenters. The number of allylic oxidation sites excluding steroid dienone is 2. The van der Waals surface area contributed by atoms with Gasteiger partial charge < -0.3 is 89.0 Å². The van der Waals surface area contributed by atoms with E-state index in [1.54, 1.807) is 0 Å². The van der Waals surface area contributed by atoms with Crippen molar-refractivity contribution in [2.24, 2.45) is 11.8 Å². The Kier molecular flexibility index (Phi) is 34.7. The average molecular weight is 1120 g/mol. The first-order valence-corrected chi connectivity index (χ1v) is 30.3. The molecule has 78 heavy (non-hydrogen) atoms. The second-order valence-corrected chi connectivity index (χ2v) is 22.4. The summed E-state index contributed by atoms with van der Waals surface area (Å²) in [6, 6.07) is 0. The molecule has 0 radical (unpaired) electrons. The molecule has 20 heteroatoms. The number of hydrogen-bond donors (Lipinski definition) is 10. The van der Waals surface area contributed by atoms with E-state index in [1.165, 1.54) is 103 Å². The lowest BCUT2D eigenvalue weighted by molar-refractivity contribution is -0.373. The van der Waals surface area contributed by atoms with Crippen LogP contribution in [0.1, 0.15) is 200 Å². The molecule has 3 heterocycles. The van der Waals surface area contributed by atoms with Crippen LogP contribution in [0, 0.1) is 11.8 Å². The fourth-order valence-electron chi connectivity index (χ4n) is 10.6. The molecule has 3 aliphatic heterocycles. The zero-order valence-electron chi connectivity index (χ0n) is 47.1.